The number of thiazole rings is 1. The molecular formula is C11H15N3OS. The second-order valence-electron chi connectivity index (χ2n) is 4.76. The van der Waals surface area contributed by atoms with Gasteiger partial charge in [-0.15, -0.1) is 11.3 Å². The van der Waals surface area contributed by atoms with E-state index in [1.54, 1.807) is 11.3 Å². The molecule has 0 saturated heterocycles. The zero-order valence-electron chi connectivity index (χ0n) is 9.65. The molecule has 2 aromatic heterocycles. The van der Waals surface area contributed by atoms with Crippen LogP contribution in [-0.2, 0) is 11.3 Å². The molecule has 0 radical (unpaired) electrons. The maximum atomic E-state index is 11.6. The lowest BCUT2D eigenvalue weighted by atomic mass is 9.96. The Kier molecular flexibility index (Phi) is 2.71. The zero-order chi connectivity index (χ0) is 11.8. The summed E-state index contributed by atoms with van der Waals surface area (Å²) < 4.78 is 1.96. The van der Waals surface area contributed by atoms with E-state index in [1.165, 1.54) is 0 Å². The fraction of sp³-hybridized carbons (Fsp3) is 0.455. The lowest BCUT2D eigenvalue weighted by Gasteiger charge is -2.16. The number of hydrogen-bond donors (Lipinski definition) is 1. The van der Waals surface area contributed by atoms with E-state index in [0.29, 0.717) is 6.54 Å². The second kappa shape index (κ2) is 3.90. The largest absolute Gasteiger partial charge is 0.350 e. The summed E-state index contributed by atoms with van der Waals surface area (Å²) in [5.41, 5.74) is 0.543. The van der Waals surface area contributed by atoms with Crippen molar-refractivity contribution >= 4 is 22.2 Å². The van der Waals surface area contributed by atoms with Crippen LogP contribution < -0.4 is 5.32 Å². The van der Waals surface area contributed by atoms with Crippen molar-refractivity contribution in [2.75, 3.05) is 0 Å². The minimum atomic E-state index is -0.350. The number of nitrogens with one attached hydrogen (secondary N) is 1. The first-order chi connectivity index (χ1) is 7.47. The highest BCUT2D eigenvalue weighted by Crippen LogP contribution is 2.14. The van der Waals surface area contributed by atoms with Crippen molar-refractivity contribution in [1.29, 1.82) is 0 Å². The summed E-state index contributed by atoms with van der Waals surface area (Å²) in [7, 11) is 0. The Morgan fingerprint density at radius 3 is 2.94 bits per heavy atom. The van der Waals surface area contributed by atoms with Crippen LogP contribution in [0, 0.1) is 5.41 Å². The number of aromatic nitrogens is 2. The van der Waals surface area contributed by atoms with Gasteiger partial charge < -0.3 is 5.32 Å². The normalized spacial score (nSPS) is 11.9. The highest BCUT2D eigenvalue weighted by atomic mass is 32.1. The van der Waals surface area contributed by atoms with E-state index in [9.17, 15) is 4.79 Å². The van der Waals surface area contributed by atoms with Gasteiger partial charge in [0.25, 0.3) is 0 Å². The van der Waals surface area contributed by atoms with E-state index in [-0.39, 0.29) is 11.3 Å². The minimum absolute atomic E-state index is 0.0452. The number of amides is 1. The number of carbonyl (C=O) groups is 1. The number of rotatable bonds is 2. The lowest BCUT2D eigenvalue weighted by Crippen LogP contribution is -2.34. The highest BCUT2D eigenvalue weighted by molar-refractivity contribution is 7.15. The van der Waals surface area contributed by atoms with Crippen molar-refractivity contribution in [3.63, 3.8) is 0 Å². The number of fused-ring (bicyclic) bond motifs is 1. The number of imidazole rings is 1. The van der Waals surface area contributed by atoms with E-state index in [0.717, 1.165) is 10.7 Å². The van der Waals surface area contributed by atoms with Crippen LogP contribution in [0.15, 0.2) is 17.8 Å². The molecular weight excluding hydrogens is 222 g/mol. The number of carbonyl (C=O) groups excluding carboxylic acids is 1. The Labute approximate surface area is 98.3 Å². The van der Waals surface area contributed by atoms with Gasteiger partial charge in [0.15, 0.2) is 4.96 Å². The summed E-state index contributed by atoms with van der Waals surface area (Å²) in [6.07, 6.45) is 3.90. The van der Waals surface area contributed by atoms with Gasteiger partial charge in [-0.05, 0) is 0 Å². The predicted octanol–water partition coefficient (Wildman–Crippen LogP) is 2.06. The molecule has 0 aliphatic rings. The second-order valence-corrected chi connectivity index (χ2v) is 5.63. The molecule has 1 amide bonds. The van der Waals surface area contributed by atoms with Gasteiger partial charge in [0.05, 0.1) is 12.2 Å². The smallest absolute Gasteiger partial charge is 0.225 e. The molecule has 0 aliphatic heterocycles. The van der Waals surface area contributed by atoms with Gasteiger partial charge in [-0.3, -0.25) is 9.20 Å². The van der Waals surface area contributed by atoms with Gasteiger partial charge in [0.1, 0.15) is 0 Å². The van der Waals surface area contributed by atoms with Crippen molar-refractivity contribution in [1.82, 2.24) is 14.7 Å². The monoisotopic (exact) mass is 237 g/mol. The van der Waals surface area contributed by atoms with Gasteiger partial charge in [-0.2, -0.15) is 0 Å². The summed E-state index contributed by atoms with van der Waals surface area (Å²) in [6, 6.07) is 0. The molecule has 0 aromatic carbocycles. The van der Waals surface area contributed by atoms with Crippen LogP contribution in [0.4, 0.5) is 0 Å². The Bertz CT molecular complexity index is 478. The first-order valence-corrected chi connectivity index (χ1v) is 6.04. The fourth-order valence-electron chi connectivity index (χ4n) is 1.30. The fourth-order valence-corrected chi connectivity index (χ4v) is 2.02. The first kappa shape index (κ1) is 11.1. The summed E-state index contributed by atoms with van der Waals surface area (Å²) >= 11 is 1.59. The third-order valence-corrected chi connectivity index (χ3v) is 3.03. The molecule has 0 saturated carbocycles. The van der Waals surface area contributed by atoms with E-state index >= 15 is 0 Å². The molecule has 4 nitrogen and oxygen atoms in total. The molecule has 2 aromatic rings. The van der Waals surface area contributed by atoms with Gasteiger partial charge in [-0.1, -0.05) is 20.8 Å². The summed E-state index contributed by atoms with van der Waals surface area (Å²) in [5, 5.41) is 4.87. The molecule has 0 fully saturated rings. The SMILES string of the molecule is CC(C)(C)C(=O)NCc1cn2ccsc2n1. The molecule has 0 spiro atoms. The Balaban J connectivity index is 2.01. The first-order valence-electron chi connectivity index (χ1n) is 5.16. The maximum absolute atomic E-state index is 11.6. The predicted molar refractivity (Wildman–Crippen MR) is 64.4 cm³/mol. The molecule has 0 aliphatic carbocycles. The molecule has 2 heterocycles. The highest BCUT2D eigenvalue weighted by Gasteiger charge is 2.20. The molecule has 16 heavy (non-hydrogen) atoms. The molecule has 0 unspecified atom stereocenters. The molecule has 2 rings (SSSR count). The minimum Gasteiger partial charge on any atom is -0.350 e. The van der Waals surface area contributed by atoms with Crippen LogP contribution >= 0.6 is 11.3 Å². The van der Waals surface area contributed by atoms with E-state index in [1.807, 2.05) is 42.9 Å². The topological polar surface area (TPSA) is 46.4 Å². The molecule has 5 heteroatoms. The quantitative estimate of drug-likeness (QED) is 0.869. The Hall–Kier alpha value is -1.36. The van der Waals surface area contributed by atoms with Crippen molar-refractivity contribution < 1.29 is 4.79 Å². The van der Waals surface area contributed by atoms with Crippen LogP contribution in [0.25, 0.3) is 4.96 Å². The van der Waals surface area contributed by atoms with Gasteiger partial charge in [0.2, 0.25) is 5.91 Å². The van der Waals surface area contributed by atoms with Crippen molar-refractivity contribution in [3.05, 3.63) is 23.5 Å². The maximum Gasteiger partial charge on any atom is 0.225 e. The summed E-state index contributed by atoms with van der Waals surface area (Å²) in [4.78, 5) is 17.0. The number of hydrogen-bond acceptors (Lipinski definition) is 3. The van der Waals surface area contributed by atoms with Gasteiger partial charge in [-0.25, -0.2) is 4.98 Å². The third-order valence-electron chi connectivity index (χ3n) is 2.25. The van der Waals surface area contributed by atoms with Gasteiger partial charge >= 0.3 is 0 Å². The Morgan fingerprint density at radius 2 is 2.31 bits per heavy atom. The molecule has 0 atom stereocenters. The van der Waals surface area contributed by atoms with Gasteiger partial charge in [0, 0.05) is 23.2 Å². The van der Waals surface area contributed by atoms with Crippen molar-refractivity contribution in [2.45, 2.75) is 27.3 Å². The van der Waals surface area contributed by atoms with E-state index in [2.05, 4.69) is 10.3 Å². The van der Waals surface area contributed by atoms with Crippen LogP contribution in [0.3, 0.4) is 0 Å². The van der Waals surface area contributed by atoms with Crippen LogP contribution in [0.1, 0.15) is 26.5 Å². The third kappa shape index (κ3) is 2.24. The average molecular weight is 237 g/mol. The van der Waals surface area contributed by atoms with E-state index in [4.69, 9.17) is 0 Å². The van der Waals surface area contributed by atoms with Crippen LogP contribution in [0.5, 0.6) is 0 Å². The van der Waals surface area contributed by atoms with Crippen molar-refractivity contribution in [2.24, 2.45) is 5.41 Å². The lowest BCUT2D eigenvalue weighted by molar-refractivity contribution is -0.128. The summed E-state index contributed by atoms with van der Waals surface area (Å²) in [5.74, 6) is 0.0452. The molecule has 1 N–H and O–H groups in total. The van der Waals surface area contributed by atoms with Crippen molar-refractivity contribution in [3.8, 4) is 0 Å². The standard InChI is InChI=1S/C11H15N3OS/c1-11(2,3)9(15)12-6-8-7-14-4-5-16-10(14)13-8/h4-5,7H,6H2,1-3H3,(H,12,15). The number of nitrogens with zero attached hydrogens (tertiary/aromatic N) is 2. The van der Waals surface area contributed by atoms with Crippen LogP contribution in [-0.4, -0.2) is 15.3 Å². The van der Waals surface area contributed by atoms with E-state index < -0.39 is 0 Å². The molecule has 86 valence electrons. The molecule has 0 bridgehead atoms. The van der Waals surface area contributed by atoms with Crippen LogP contribution in [0.2, 0.25) is 0 Å². The average Bonchev–Trinajstić information content (AvgIpc) is 2.71. The zero-order valence-corrected chi connectivity index (χ0v) is 10.5. The Morgan fingerprint density at radius 1 is 1.56 bits per heavy atom. The summed E-state index contributed by atoms with van der Waals surface area (Å²) in [6.45, 7) is 6.18.